The molecule has 2 aromatic rings. The molecule has 0 aliphatic heterocycles. The van der Waals surface area contributed by atoms with Gasteiger partial charge in [-0.05, 0) is 48.9 Å². The average Bonchev–Trinajstić information content (AvgIpc) is 3.49. The Kier molecular flexibility index (Phi) is 5.69. The Morgan fingerprint density at radius 3 is 2.11 bits per heavy atom. The molecule has 6 nitrogen and oxygen atoms in total. The van der Waals surface area contributed by atoms with Gasteiger partial charge in [-0.3, -0.25) is 4.90 Å². The zero-order chi connectivity index (χ0) is 19.5. The van der Waals surface area contributed by atoms with Crippen molar-refractivity contribution in [3.05, 3.63) is 54.6 Å². The van der Waals surface area contributed by atoms with Crippen LogP contribution in [-0.2, 0) is 32.7 Å². The molecule has 4 rings (SSSR count). The van der Waals surface area contributed by atoms with Crippen molar-refractivity contribution in [1.82, 2.24) is 0 Å². The van der Waals surface area contributed by atoms with Gasteiger partial charge in [-0.1, -0.05) is 12.6 Å². The molecule has 0 heterocycles. The van der Waals surface area contributed by atoms with Crippen molar-refractivity contribution in [2.75, 3.05) is 10.2 Å². The summed E-state index contributed by atoms with van der Waals surface area (Å²) in [6.07, 6.45) is 2.43. The smallest absolute Gasteiger partial charge is 0.337 e. The minimum Gasteiger partial charge on any atom is -0.348 e. The molecule has 28 heavy (non-hydrogen) atoms. The van der Waals surface area contributed by atoms with Crippen LogP contribution in [-0.4, -0.2) is 32.4 Å². The van der Waals surface area contributed by atoms with Crippen molar-refractivity contribution in [2.24, 2.45) is 10.8 Å². The molecular weight excluding hydrogens is 453 g/mol. The summed E-state index contributed by atoms with van der Waals surface area (Å²) in [5, 5.41) is 46.7. The fourth-order valence-corrected chi connectivity index (χ4v) is 4.28. The summed E-state index contributed by atoms with van der Waals surface area (Å²) in [5.41, 5.74) is -0.374. The molecule has 2 aromatic carbocycles. The maximum atomic E-state index is 11.2. The van der Waals surface area contributed by atoms with E-state index in [2.05, 4.69) is 24.0 Å². The standard InChI is InChI=1S/C20H23N2O4S.Y/c1-17(13-18(17)11-12-18)19(23,24)22(15-5-3-2-4-6-15)20(25,26)21-14-7-9-16(27)10-8-14;/h3-10,21,23-27H,11-13H2,1H3;/q-1;. The minimum absolute atomic E-state index is 0. The van der Waals surface area contributed by atoms with Gasteiger partial charge in [-0.25, -0.2) is 0 Å². The molecule has 2 aliphatic carbocycles. The second kappa shape index (κ2) is 7.23. The first-order valence-corrected chi connectivity index (χ1v) is 9.29. The van der Waals surface area contributed by atoms with Gasteiger partial charge in [-0.15, -0.1) is 24.8 Å². The Morgan fingerprint density at radius 1 is 1.04 bits per heavy atom. The minimum atomic E-state index is -2.76. The van der Waals surface area contributed by atoms with Crippen molar-refractivity contribution < 1.29 is 53.1 Å². The Hall–Kier alpha value is -0.666. The Bertz CT molecular complexity index is 843. The van der Waals surface area contributed by atoms with Crippen LogP contribution in [0.4, 0.5) is 11.4 Å². The quantitative estimate of drug-likeness (QED) is 0.217. The van der Waals surface area contributed by atoms with Crippen molar-refractivity contribution in [2.45, 2.75) is 43.0 Å². The Labute approximate surface area is 194 Å². The number of hydrogen-bond donors (Lipinski definition) is 6. The molecule has 2 aliphatic rings. The monoisotopic (exact) mass is 476 g/mol. The van der Waals surface area contributed by atoms with Crippen molar-refractivity contribution >= 4 is 24.0 Å². The predicted octanol–water partition coefficient (Wildman–Crippen LogP) is 2.12. The molecule has 147 valence electrons. The maximum absolute atomic E-state index is 11.2. The van der Waals surface area contributed by atoms with Crippen LogP contribution in [0.15, 0.2) is 53.4 Å². The topological polar surface area (TPSA) is 96.2 Å². The molecule has 1 spiro atoms. The van der Waals surface area contributed by atoms with Gasteiger partial charge in [-0.2, -0.15) is 18.2 Å². The van der Waals surface area contributed by atoms with Crippen LogP contribution >= 0.6 is 12.6 Å². The summed E-state index contributed by atoms with van der Waals surface area (Å²) in [5.74, 6) is -2.48. The molecule has 1 radical (unpaired) electrons. The first-order chi connectivity index (χ1) is 12.6. The van der Waals surface area contributed by atoms with Gasteiger partial charge in [0, 0.05) is 48.7 Å². The molecule has 2 fully saturated rings. The van der Waals surface area contributed by atoms with E-state index < -0.39 is 17.4 Å². The second-order valence-electron chi connectivity index (χ2n) is 7.83. The van der Waals surface area contributed by atoms with Gasteiger partial charge in [0.1, 0.15) is 0 Å². The molecule has 5 N–H and O–H groups in total. The van der Waals surface area contributed by atoms with E-state index in [9.17, 15) is 20.4 Å². The second-order valence-corrected chi connectivity index (χ2v) is 8.34. The Morgan fingerprint density at radius 2 is 1.61 bits per heavy atom. The van der Waals surface area contributed by atoms with E-state index in [1.165, 1.54) is 0 Å². The molecule has 8 heteroatoms. The summed E-state index contributed by atoms with van der Waals surface area (Å²) in [4.78, 5) is 1.53. The summed E-state index contributed by atoms with van der Waals surface area (Å²) in [6, 6.07) is 13.0. The number of thiol groups is 1. The zero-order valence-electron chi connectivity index (χ0n) is 15.5. The molecule has 1 atom stereocenters. The van der Waals surface area contributed by atoms with Gasteiger partial charge in [0.15, 0.2) is 0 Å². The van der Waals surface area contributed by atoms with E-state index >= 15 is 0 Å². The fourth-order valence-electron chi connectivity index (χ4n) is 4.13. The predicted molar refractivity (Wildman–Crippen MR) is 104 cm³/mol. The number of nitrogens with one attached hydrogen (secondary N) is 1. The van der Waals surface area contributed by atoms with Crippen LogP contribution in [0.25, 0.3) is 0 Å². The van der Waals surface area contributed by atoms with Crippen molar-refractivity contribution in [3.8, 4) is 0 Å². The molecule has 0 saturated heterocycles. The molecular formula is C20H23N2O4SY-. The zero-order valence-corrected chi connectivity index (χ0v) is 19.2. The van der Waals surface area contributed by atoms with Gasteiger partial charge in [0.2, 0.25) is 0 Å². The Balaban J connectivity index is 0.00000225. The van der Waals surface area contributed by atoms with Gasteiger partial charge in [0.25, 0.3) is 5.91 Å². The average molecular weight is 476 g/mol. The molecule has 0 bridgehead atoms. The first kappa shape index (κ1) is 22.0. The number of nitrogens with zero attached hydrogens (tertiary/aromatic N) is 1. The normalized spacial score (nSPS) is 22.4. The van der Waals surface area contributed by atoms with Gasteiger partial charge < -0.3 is 25.7 Å². The number of aliphatic hydroxyl groups is 4. The molecule has 0 aromatic heterocycles. The maximum Gasteiger partial charge on any atom is 0.337 e. The third-order valence-corrected chi connectivity index (χ3v) is 6.39. The summed E-state index contributed by atoms with van der Waals surface area (Å²) in [7, 11) is 0. The van der Waals surface area contributed by atoms with Crippen LogP contribution < -0.4 is 10.2 Å². The van der Waals surface area contributed by atoms with Gasteiger partial charge >= 0.3 is 6.03 Å². The summed E-state index contributed by atoms with van der Waals surface area (Å²) < 4.78 is 0. The molecule has 0 amide bonds. The fraction of sp³-hybridized carbons (Fsp3) is 0.400. The van der Waals surface area contributed by atoms with Crippen LogP contribution in [0.5, 0.6) is 0 Å². The molecule has 1 unspecified atom stereocenters. The van der Waals surface area contributed by atoms with Crippen LogP contribution in [0.3, 0.4) is 0 Å². The largest absolute Gasteiger partial charge is 0.348 e. The van der Waals surface area contributed by atoms with E-state index in [0.29, 0.717) is 12.1 Å². The van der Waals surface area contributed by atoms with Crippen LogP contribution in [0.2, 0.25) is 0 Å². The van der Waals surface area contributed by atoms with E-state index in [4.69, 9.17) is 0 Å². The van der Waals surface area contributed by atoms with Crippen LogP contribution in [0, 0.1) is 16.9 Å². The number of rotatable bonds is 6. The molecule has 2 saturated carbocycles. The summed E-state index contributed by atoms with van der Waals surface area (Å²) in [6.45, 7) is 1.77. The number of hydrogen-bond acceptors (Lipinski definition) is 7. The third-order valence-electron chi connectivity index (χ3n) is 6.09. The third kappa shape index (κ3) is 3.51. The van der Waals surface area contributed by atoms with E-state index in [-0.39, 0.29) is 43.8 Å². The van der Waals surface area contributed by atoms with E-state index in [1.54, 1.807) is 55.5 Å². The first-order valence-electron chi connectivity index (χ1n) is 8.85. The van der Waals surface area contributed by atoms with E-state index in [0.717, 1.165) is 22.6 Å². The number of anilines is 2. The van der Waals surface area contributed by atoms with Gasteiger partial charge in [0.05, 0.1) is 0 Å². The van der Waals surface area contributed by atoms with E-state index in [1.807, 2.05) is 0 Å². The van der Waals surface area contributed by atoms with Crippen molar-refractivity contribution in [1.29, 1.82) is 0 Å². The SMILES string of the molecule is CC1(C(O)(O)N(c2cc[c-]cc2)C(O)(O)Nc2ccc(S)cc2)CC12CC2.[Y]. The number of benzene rings is 2. The van der Waals surface area contributed by atoms with Crippen LogP contribution in [0.1, 0.15) is 26.2 Å². The summed E-state index contributed by atoms with van der Waals surface area (Å²) >= 11 is 4.21. The van der Waals surface area contributed by atoms with Crippen molar-refractivity contribution in [3.63, 3.8) is 0 Å².